The van der Waals surface area contributed by atoms with E-state index < -0.39 is 0 Å². The summed E-state index contributed by atoms with van der Waals surface area (Å²) in [5.74, 6) is -0.0859. The first-order valence-electron chi connectivity index (χ1n) is 10.7. The number of hydrogen-bond acceptors (Lipinski definition) is 4. The van der Waals surface area contributed by atoms with Crippen LogP contribution in [0.4, 0.5) is 4.39 Å². The van der Waals surface area contributed by atoms with Gasteiger partial charge in [-0.25, -0.2) is 4.39 Å². The molecule has 30 heavy (non-hydrogen) atoms. The van der Waals surface area contributed by atoms with Crippen molar-refractivity contribution in [2.45, 2.75) is 32.2 Å². The van der Waals surface area contributed by atoms with Crippen molar-refractivity contribution in [2.24, 2.45) is 5.92 Å². The van der Waals surface area contributed by atoms with E-state index in [0.29, 0.717) is 13.1 Å². The van der Waals surface area contributed by atoms with E-state index in [1.165, 1.54) is 10.9 Å². The molecular weight excluding hydrogens is 401 g/mol. The maximum Gasteiger partial charge on any atom is 0.242 e. The van der Waals surface area contributed by atoms with Crippen LogP contribution in [-0.2, 0) is 16.1 Å². The maximum absolute atomic E-state index is 13.5. The SMILES string of the molecule is O=C(NCC(=O)N1CCN(Cc2ccc(-c3cccc(F)c3)s2)CC1)C1CCCC1. The standard InChI is InChI=1S/C23H28FN3O2S/c24-19-7-3-6-18(14-19)21-9-8-20(30-21)16-26-10-12-27(13-11-26)22(28)15-25-23(29)17-4-1-2-5-17/h3,6-9,14,17H,1-2,4-5,10-13,15-16H2,(H,25,29). The third-order valence-electron chi connectivity index (χ3n) is 6.02. The van der Waals surface area contributed by atoms with Gasteiger partial charge in [0.15, 0.2) is 0 Å². The minimum atomic E-state index is -0.220. The molecule has 0 atom stereocenters. The van der Waals surface area contributed by atoms with Gasteiger partial charge in [0.25, 0.3) is 0 Å². The lowest BCUT2D eigenvalue weighted by molar-refractivity contribution is -0.135. The molecule has 1 aromatic heterocycles. The third-order valence-corrected chi connectivity index (χ3v) is 7.13. The second kappa shape index (κ2) is 9.71. The Hall–Kier alpha value is -2.25. The maximum atomic E-state index is 13.5. The summed E-state index contributed by atoms with van der Waals surface area (Å²) >= 11 is 1.68. The average molecular weight is 430 g/mol. The van der Waals surface area contributed by atoms with Crippen molar-refractivity contribution in [3.05, 3.63) is 47.1 Å². The summed E-state index contributed by atoms with van der Waals surface area (Å²) in [6.07, 6.45) is 4.12. The van der Waals surface area contributed by atoms with Crippen molar-refractivity contribution in [1.82, 2.24) is 15.1 Å². The van der Waals surface area contributed by atoms with E-state index >= 15 is 0 Å². The lowest BCUT2D eigenvalue weighted by atomic mass is 10.1. The molecular formula is C23H28FN3O2S. The first-order valence-corrected chi connectivity index (χ1v) is 11.5. The zero-order valence-electron chi connectivity index (χ0n) is 17.1. The van der Waals surface area contributed by atoms with Gasteiger partial charge in [-0.3, -0.25) is 14.5 Å². The number of rotatable bonds is 6. The number of hydrogen-bond donors (Lipinski definition) is 1. The van der Waals surface area contributed by atoms with Gasteiger partial charge in [-0.2, -0.15) is 0 Å². The van der Waals surface area contributed by atoms with E-state index in [2.05, 4.69) is 16.3 Å². The Morgan fingerprint density at radius 2 is 1.83 bits per heavy atom. The highest BCUT2D eigenvalue weighted by Gasteiger charge is 2.25. The van der Waals surface area contributed by atoms with Gasteiger partial charge >= 0.3 is 0 Å². The summed E-state index contributed by atoms with van der Waals surface area (Å²) in [4.78, 5) is 31.0. The van der Waals surface area contributed by atoms with E-state index in [0.717, 1.165) is 55.8 Å². The fourth-order valence-electron chi connectivity index (χ4n) is 4.24. The quantitative estimate of drug-likeness (QED) is 0.765. The van der Waals surface area contributed by atoms with Crippen molar-refractivity contribution in [2.75, 3.05) is 32.7 Å². The third kappa shape index (κ3) is 5.26. The Labute approximate surface area is 180 Å². The molecule has 1 N–H and O–H groups in total. The van der Waals surface area contributed by atoms with Crippen LogP contribution in [0.25, 0.3) is 10.4 Å². The molecule has 2 amide bonds. The number of nitrogens with one attached hydrogen (secondary N) is 1. The van der Waals surface area contributed by atoms with Crippen LogP contribution in [0.1, 0.15) is 30.6 Å². The molecule has 2 fully saturated rings. The molecule has 2 aromatic rings. The van der Waals surface area contributed by atoms with E-state index in [9.17, 15) is 14.0 Å². The van der Waals surface area contributed by atoms with Crippen LogP contribution in [0.3, 0.4) is 0 Å². The fourth-order valence-corrected chi connectivity index (χ4v) is 5.29. The highest BCUT2D eigenvalue weighted by molar-refractivity contribution is 7.15. The Morgan fingerprint density at radius 3 is 2.57 bits per heavy atom. The van der Waals surface area contributed by atoms with Crippen LogP contribution < -0.4 is 5.32 Å². The normalized spacial score (nSPS) is 18.0. The number of carbonyl (C=O) groups excluding carboxylic acids is 2. The highest BCUT2D eigenvalue weighted by Crippen LogP contribution is 2.29. The predicted molar refractivity (Wildman–Crippen MR) is 117 cm³/mol. The van der Waals surface area contributed by atoms with Gasteiger partial charge in [0.1, 0.15) is 5.82 Å². The fraction of sp³-hybridized carbons (Fsp3) is 0.478. The zero-order valence-corrected chi connectivity index (χ0v) is 17.9. The van der Waals surface area contributed by atoms with Crippen molar-refractivity contribution >= 4 is 23.2 Å². The van der Waals surface area contributed by atoms with Crippen LogP contribution in [0.2, 0.25) is 0 Å². The van der Waals surface area contributed by atoms with Crippen LogP contribution in [-0.4, -0.2) is 54.3 Å². The summed E-state index contributed by atoms with van der Waals surface area (Å²) in [5.41, 5.74) is 0.904. The van der Waals surface area contributed by atoms with Crippen molar-refractivity contribution in [3.8, 4) is 10.4 Å². The molecule has 7 heteroatoms. The lowest BCUT2D eigenvalue weighted by Crippen LogP contribution is -2.51. The molecule has 0 radical (unpaired) electrons. The molecule has 1 saturated carbocycles. The number of nitrogens with zero attached hydrogens (tertiary/aromatic N) is 2. The molecule has 1 saturated heterocycles. The summed E-state index contributed by atoms with van der Waals surface area (Å²) in [5, 5.41) is 2.83. The first kappa shape index (κ1) is 21.0. The van der Waals surface area contributed by atoms with Gasteiger partial charge in [-0.15, -0.1) is 11.3 Å². The monoisotopic (exact) mass is 429 g/mol. The van der Waals surface area contributed by atoms with E-state index in [4.69, 9.17) is 0 Å². The lowest BCUT2D eigenvalue weighted by Gasteiger charge is -2.34. The summed E-state index contributed by atoms with van der Waals surface area (Å²) in [7, 11) is 0. The molecule has 1 aliphatic carbocycles. The van der Waals surface area contributed by atoms with Gasteiger partial charge in [0, 0.05) is 48.4 Å². The van der Waals surface area contributed by atoms with Crippen molar-refractivity contribution in [1.29, 1.82) is 0 Å². The van der Waals surface area contributed by atoms with Gasteiger partial charge < -0.3 is 10.2 Å². The second-order valence-corrected chi connectivity index (χ2v) is 9.30. The molecule has 1 aliphatic heterocycles. The molecule has 2 heterocycles. The largest absolute Gasteiger partial charge is 0.347 e. The molecule has 4 rings (SSSR count). The van der Waals surface area contributed by atoms with Crippen molar-refractivity contribution < 1.29 is 14.0 Å². The van der Waals surface area contributed by atoms with Crippen LogP contribution >= 0.6 is 11.3 Å². The molecule has 160 valence electrons. The van der Waals surface area contributed by atoms with Gasteiger partial charge in [-0.1, -0.05) is 25.0 Å². The van der Waals surface area contributed by atoms with E-state index in [-0.39, 0.29) is 30.1 Å². The highest BCUT2D eigenvalue weighted by atomic mass is 32.1. The molecule has 0 unspecified atom stereocenters. The number of amides is 2. The zero-order chi connectivity index (χ0) is 20.9. The number of thiophene rings is 1. The summed E-state index contributed by atoms with van der Waals surface area (Å²) in [6, 6.07) is 10.8. The Bertz CT molecular complexity index is 886. The Balaban J connectivity index is 1.22. The number of benzene rings is 1. The van der Waals surface area contributed by atoms with Crippen molar-refractivity contribution in [3.63, 3.8) is 0 Å². The topological polar surface area (TPSA) is 52.7 Å². The number of piperazine rings is 1. The minimum Gasteiger partial charge on any atom is -0.347 e. The van der Waals surface area contributed by atoms with Gasteiger partial charge in [-0.05, 0) is 42.7 Å². The molecule has 2 aliphatic rings. The number of carbonyl (C=O) groups is 2. The second-order valence-electron chi connectivity index (χ2n) is 8.13. The minimum absolute atomic E-state index is 0.00510. The molecule has 0 spiro atoms. The van der Waals surface area contributed by atoms with Gasteiger partial charge in [0.05, 0.1) is 6.54 Å². The van der Waals surface area contributed by atoms with Crippen LogP contribution in [0, 0.1) is 11.7 Å². The van der Waals surface area contributed by atoms with Crippen LogP contribution in [0.5, 0.6) is 0 Å². The number of halogens is 1. The van der Waals surface area contributed by atoms with E-state index in [1.54, 1.807) is 23.5 Å². The Kier molecular flexibility index (Phi) is 6.79. The molecule has 1 aromatic carbocycles. The van der Waals surface area contributed by atoms with Gasteiger partial charge in [0.2, 0.25) is 11.8 Å². The average Bonchev–Trinajstić information content (AvgIpc) is 3.45. The Morgan fingerprint density at radius 1 is 1.07 bits per heavy atom. The molecule has 5 nitrogen and oxygen atoms in total. The molecule has 0 bridgehead atoms. The summed E-state index contributed by atoms with van der Waals surface area (Å²) in [6.45, 7) is 3.93. The van der Waals surface area contributed by atoms with E-state index in [1.807, 2.05) is 17.0 Å². The summed E-state index contributed by atoms with van der Waals surface area (Å²) < 4.78 is 13.5. The smallest absolute Gasteiger partial charge is 0.242 e. The predicted octanol–water partition coefficient (Wildman–Crippen LogP) is 3.50. The van der Waals surface area contributed by atoms with Crippen LogP contribution in [0.15, 0.2) is 36.4 Å². The first-order chi connectivity index (χ1) is 14.6.